The van der Waals surface area contributed by atoms with E-state index in [1.165, 1.54) is 0 Å². The van der Waals surface area contributed by atoms with Crippen molar-refractivity contribution in [2.24, 2.45) is 0 Å². The summed E-state index contributed by atoms with van der Waals surface area (Å²) in [4.78, 5) is 0. The second kappa shape index (κ2) is 6.35. The minimum Gasteiger partial charge on any atom is -0.315 e. The number of sulfonamides is 1. The third-order valence-corrected chi connectivity index (χ3v) is 5.48. The van der Waals surface area contributed by atoms with Crippen molar-refractivity contribution in [1.29, 1.82) is 5.26 Å². The Hall–Kier alpha value is -1.42. The second-order valence-electron chi connectivity index (χ2n) is 4.92. The molecule has 1 saturated heterocycles. The lowest BCUT2D eigenvalue weighted by atomic mass is 10.2. The van der Waals surface area contributed by atoms with E-state index in [0.717, 1.165) is 13.0 Å². The summed E-state index contributed by atoms with van der Waals surface area (Å²) in [7, 11) is -3.35. The van der Waals surface area contributed by atoms with Crippen LogP contribution in [0.1, 0.15) is 24.5 Å². The number of nitriles is 1. The maximum Gasteiger partial charge on any atom is 0.218 e. The Bertz CT molecular complexity index is 601. The quantitative estimate of drug-likeness (QED) is 0.881. The number of hydrogen-bond donors (Lipinski definition) is 1. The SMILES string of the molecule is CCN(C1CCNC1)S(=O)(=O)Cc1cccc(C#N)c1. The summed E-state index contributed by atoms with van der Waals surface area (Å²) in [5.41, 5.74) is 1.15. The van der Waals surface area contributed by atoms with E-state index in [2.05, 4.69) is 5.32 Å². The molecule has 108 valence electrons. The Morgan fingerprint density at radius 2 is 2.30 bits per heavy atom. The first kappa shape index (κ1) is 15.0. The zero-order valence-corrected chi connectivity index (χ0v) is 12.4. The fraction of sp³-hybridized carbons (Fsp3) is 0.500. The minimum absolute atomic E-state index is 0.0455. The first-order chi connectivity index (χ1) is 9.56. The van der Waals surface area contributed by atoms with Gasteiger partial charge in [0, 0.05) is 19.1 Å². The zero-order chi connectivity index (χ0) is 14.6. The van der Waals surface area contributed by atoms with Gasteiger partial charge in [0.25, 0.3) is 0 Å². The van der Waals surface area contributed by atoms with Gasteiger partial charge in [-0.05, 0) is 30.7 Å². The van der Waals surface area contributed by atoms with E-state index in [0.29, 0.717) is 24.2 Å². The molecule has 1 fully saturated rings. The van der Waals surface area contributed by atoms with E-state index >= 15 is 0 Å². The number of rotatable bonds is 5. The Balaban J connectivity index is 2.18. The normalized spacial score (nSPS) is 19.1. The summed E-state index contributed by atoms with van der Waals surface area (Å²) < 4.78 is 26.6. The van der Waals surface area contributed by atoms with Gasteiger partial charge in [0.05, 0.1) is 17.4 Å². The predicted molar refractivity (Wildman–Crippen MR) is 77.4 cm³/mol. The molecule has 1 unspecified atom stereocenters. The molecule has 1 N–H and O–H groups in total. The lowest BCUT2D eigenvalue weighted by molar-refractivity contribution is 0.348. The van der Waals surface area contributed by atoms with Gasteiger partial charge in [0.2, 0.25) is 10.0 Å². The third kappa shape index (κ3) is 3.37. The summed E-state index contributed by atoms with van der Waals surface area (Å²) in [6.07, 6.45) is 0.852. The number of hydrogen-bond acceptors (Lipinski definition) is 4. The van der Waals surface area contributed by atoms with Crippen molar-refractivity contribution in [3.63, 3.8) is 0 Å². The molecule has 0 aliphatic carbocycles. The largest absolute Gasteiger partial charge is 0.315 e. The lowest BCUT2D eigenvalue weighted by Crippen LogP contribution is -2.41. The van der Waals surface area contributed by atoms with Crippen molar-refractivity contribution in [1.82, 2.24) is 9.62 Å². The van der Waals surface area contributed by atoms with Crippen LogP contribution in [0, 0.1) is 11.3 Å². The highest BCUT2D eigenvalue weighted by Crippen LogP contribution is 2.18. The molecular weight excluding hydrogens is 274 g/mol. The van der Waals surface area contributed by atoms with E-state index in [1.54, 1.807) is 28.6 Å². The number of nitrogens with zero attached hydrogens (tertiary/aromatic N) is 2. The Morgan fingerprint density at radius 3 is 2.90 bits per heavy atom. The smallest absolute Gasteiger partial charge is 0.218 e. The molecule has 0 aromatic heterocycles. The standard InChI is InChI=1S/C14H19N3O2S/c1-2-17(14-6-7-16-10-14)20(18,19)11-13-5-3-4-12(8-13)9-15/h3-5,8,14,16H,2,6-7,10-11H2,1H3. The molecule has 1 aliphatic rings. The van der Waals surface area contributed by atoms with Crippen molar-refractivity contribution in [3.05, 3.63) is 35.4 Å². The van der Waals surface area contributed by atoms with Crippen LogP contribution >= 0.6 is 0 Å². The Kier molecular flexibility index (Phi) is 4.76. The van der Waals surface area contributed by atoms with E-state index in [1.807, 2.05) is 13.0 Å². The fourth-order valence-corrected chi connectivity index (χ4v) is 4.39. The summed E-state index contributed by atoms with van der Waals surface area (Å²) in [6.45, 7) is 3.92. The average Bonchev–Trinajstić information content (AvgIpc) is 2.92. The molecule has 6 heteroatoms. The number of nitrogens with one attached hydrogen (secondary N) is 1. The Morgan fingerprint density at radius 1 is 1.50 bits per heavy atom. The van der Waals surface area contributed by atoms with Crippen LogP contribution in [0.25, 0.3) is 0 Å². The van der Waals surface area contributed by atoms with Gasteiger partial charge in [0.1, 0.15) is 0 Å². The molecule has 2 rings (SSSR count). The third-order valence-electron chi connectivity index (χ3n) is 3.52. The van der Waals surface area contributed by atoms with Crippen LogP contribution < -0.4 is 5.32 Å². The molecule has 1 aliphatic heterocycles. The number of benzene rings is 1. The van der Waals surface area contributed by atoms with Crippen LogP contribution in [0.2, 0.25) is 0 Å². The van der Waals surface area contributed by atoms with Crippen molar-refractivity contribution in [3.8, 4) is 6.07 Å². The van der Waals surface area contributed by atoms with Crippen molar-refractivity contribution >= 4 is 10.0 Å². The van der Waals surface area contributed by atoms with E-state index < -0.39 is 10.0 Å². The van der Waals surface area contributed by atoms with Gasteiger partial charge in [-0.2, -0.15) is 9.57 Å². The molecule has 1 aromatic rings. The van der Waals surface area contributed by atoms with Crippen molar-refractivity contribution < 1.29 is 8.42 Å². The van der Waals surface area contributed by atoms with Gasteiger partial charge in [-0.15, -0.1) is 0 Å². The highest BCUT2D eigenvalue weighted by molar-refractivity contribution is 7.88. The molecule has 5 nitrogen and oxygen atoms in total. The van der Waals surface area contributed by atoms with Crippen molar-refractivity contribution in [2.45, 2.75) is 25.1 Å². The highest BCUT2D eigenvalue weighted by Gasteiger charge is 2.30. The van der Waals surface area contributed by atoms with Gasteiger partial charge in [-0.25, -0.2) is 8.42 Å². The molecule has 1 atom stereocenters. The molecule has 20 heavy (non-hydrogen) atoms. The van der Waals surface area contributed by atoms with Crippen LogP contribution in [0.3, 0.4) is 0 Å². The molecule has 0 radical (unpaired) electrons. The maximum atomic E-state index is 12.5. The molecule has 1 aromatic carbocycles. The van der Waals surface area contributed by atoms with Crippen LogP contribution in [0.15, 0.2) is 24.3 Å². The molecule has 0 saturated carbocycles. The van der Waals surface area contributed by atoms with Gasteiger partial charge in [0.15, 0.2) is 0 Å². The van der Waals surface area contributed by atoms with Gasteiger partial charge < -0.3 is 5.32 Å². The van der Waals surface area contributed by atoms with Crippen LogP contribution in [-0.4, -0.2) is 38.4 Å². The van der Waals surface area contributed by atoms with Crippen LogP contribution in [0.4, 0.5) is 0 Å². The summed E-state index contributed by atoms with van der Waals surface area (Å²) >= 11 is 0. The zero-order valence-electron chi connectivity index (χ0n) is 11.5. The molecule has 0 spiro atoms. The monoisotopic (exact) mass is 293 g/mol. The first-order valence-corrected chi connectivity index (χ1v) is 8.37. The van der Waals surface area contributed by atoms with Crippen LogP contribution in [0.5, 0.6) is 0 Å². The summed E-state index contributed by atoms with van der Waals surface area (Å²) in [6, 6.07) is 8.86. The first-order valence-electron chi connectivity index (χ1n) is 6.76. The van der Waals surface area contributed by atoms with Crippen LogP contribution in [-0.2, 0) is 15.8 Å². The van der Waals surface area contributed by atoms with E-state index in [9.17, 15) is 8.42 Å². The average molecular weight is 293 g/mol. The summed E-state index contributed by atoms with van der Waals surface area (Å²) in [5, 5.41) is 12.1. The van der Waals surface area contributed by atoms with E-state index in [4.69, 9.17) is 5.26 Å². The molecule has 1 heterocycles. The van der Waals surface area contributed by atoms with Gasteiger partial charge >= 0.3 is 0 Å². The predicted octanol–water partition coefficient (Wildman–Crippen LogP) is 1.07. The highest BCUT2D eigenvalue weighted by atomic mass is 32.2. The van der Waals surface area contributed by atoms with E-state index in [-0.39, 0.29) is 11.8 Å². The van der Waals surface area contributed by atoms with Crippen molar-refractivity contribution in [2.75, 3.05) is 19.6 Å². The minimum atomic E-state index is -3.35. The summed E-state index contributed by atoms with van der Waals surface area (Å²) in [5.74, 6) is -0.0488. The molecular formula is C14H19N3O2S. The number of likely N-dealkylation sites (N-methyl/N-ethyl adjacent to an activating group) is 1. The molecule has 0 amide bonds. The van der Waals surface area contributed by atoms with Gasteiger partial charge in [-0.3, -0.25) is 0 Å². The fourth-order valence-electron chi connectivity index (χ4n) is 2.59. The second-order valence-corrected chi connectivity index (χ2v) is 6.84. The topological polar surface area (TPSA) is 73.2 Å². The Labute approximate surface area is 120 Å². The molecule has 0 bridgehead atoms. The maximum absolute atomic E-state index is 12.5. The lowest BCUT2D eigenvalue weighted by Gasteiger charge is -2.26. The van der Waals surface area contributed by atoms with Gasteiger partial charge in [-0.1, -0.05) is 19.1 Å².